The van der Waals surface area contributed by atoms with E-state index >= 15 is 0 Å². The van der Waals surface area contributed by atoms with Crippen molar-refractivity contribution in [3.63, 3.8) is 0 Å². The lowest BCUT2D eigenvalue weighted by molar-refractivity contribution is 0.0899. The van der Waals surface area contributed by atoms with Crippen LogP contribution in [0.4, 0.5) is 0 Å². The number of nitrogens with two attached hydrogens (primary N) is 1. The first-order valence-electron chi connectivity index (χ1n) is 7.06. The second kappa shape index (κ2) is 6.66. The Morgan fingerprint density at radius 1 is 1.62 bits per heavy atom. The smallest absolute Gasteiger partial charge is 0.263 e. The molecule has 1 saturated carbocycles. The van der Waals surface area contributed by atoms with Crippen LogP contribution >= 0.6 is 22.9 Å². The highest BCUT2D eigenvalue weighted by Gasteiger charge is 2.40. The van der Waals surface area contributed by atoms with Crippen molar-refractivity contribution in [2.24, 2.45) is 16.8 Å². The minimum Gasteiger partial charge on any atom is -0.409 e. The van der Waals surface area contributed by atoms with E-state index in [4.69, 9.17) is 22.5 Å². The Morgan fingerprint density at radius 2 is 2.29 bits per heavy atom. The molecule has 1 aromatic rings. The summed E-state index contributed by atoms with van der Waals surface area (Å²) >= 11 is 7.28. The fourth-order valence-corrected chi connectivity index (χ4v) is 3.89. The van der Waals surface area contributed by atoms with Gasteiger partial charge in [-0.1, -0.05) is 30.1 Å². The number of halogens is 1. The van der Waals surface area contributed by atoms with Gasteiger partial charge in [-0.3, -0.25) is 4.79 Å². The summed E-state index contributed by atoms with van der Waals surface area (Å²) in [5, 5.41) is 17.3. The third kappa shape index (κ3) is 3.32. The van der Waals surface area contributed by atoms with E-state index in [0.717, 1.165) is 19.3 Å². The van der Waals surface area contributed by atoms with Crippen molar-refractivity contribution in [3.05, 3.63) is 21.3 Å². The van der Waals surface area contributed by atoms with Crippen molar-refractivity contribution in [1.82, 2.24) is 5.32 Å². The van der Waals surface area contributed by atoms with Crippen LogP contribution in [-0.4, -0.2) is 22.5 Å². The fourth-order valence-electron chi connectivity index (χ4n) is 2.85. The maximum atomic E-state index is 12.4. The Bertz CT molecular complexity index is 536. The lowest BCUT2D eigenvalue weighted by Crippen LogP contribution is -2.59. The second-order valence-corrected chi connectivity index (χ2v) is 6.79. The average molecular weight is 330 g/mol. The summed E-state index contributed by atoms with van der Waals surface area (Å²) in [6.07, 6.45) is 4.36. The van der Waals surface area contributed by atoms with E-state index in [1.54, 1.807) is 11.4 Å². The molecule has 2 rings (SSSR count). The van der Waals surface area contributed by atoms with Gasteiger partial charge in [0.1, 0.15) is 10.4 Å². The lowest BCUT2D eigenvalue weighted by atomic mass is 9.75. The summed E-state index contributed by atoms with van der Waals surface area (Å²) in [6.45, 7) is 2.16. The van der Waals surface area contributed by atoms with Gasteiger partial charge in [0.25, 0.3) is 5.91 Å². The predicted octanol–water partition coefficient (Wildman–Crippen LogP) is 3.22. The van der Waals surface area contributed by atoms with Crippen LogP contribution in [0.15, 0.2) is 16.6 Å². The number of thiophene rings is 1. The zero-order chi connectivity index (χ0) is 15.5. The number of nitrogens with zero attached hydrogens (tertiary/aromatic N) is 1. The van der Waals surface area contributed by atoms with Crippen LogP contribution in [0, 0.1) is 5.92 Å². The Balaban J connectivity index is 2.18. The van der Waals surface area contributed by atoms with Crippen LogP contribution in [0.1, 0.15) is 48.7 Å². The van der Waals surface area contributed by atoms with E-state index in [2.05, 4.69) is 17.4 Å². The molecule has 5 nitrogen and oxygen atoms in total. The Labute approximate surface area is 133 Å². The van der Waals surface area contributed by atoms with E-state index in [0.29, 0.717) is 28.7 Å². The van der Waals surface area contributed by atoms with Crippen molar-refractivity contribution in [2.45, 2.75) is 44.6 Å². The molecule has 0 spiro atoms. The predicted molar refractivity (Wildman–Crippen MR) is 85.2 cm³/mol. The number of hydrogen-bond acceptors (Lipinski definition) is 4. The quantitative estimate of drug-likeness (QED) is 0.343. The maximum absolute atomic E-state index is 12.4. The molecule has 0 radical (unpaired) electrons. The van der Waals surface area contributed by atoms with Gasteiger partial charge in [0, 0.05) is 0 Å². The maximum Gasteiger partial charge on any atom is 0.263 e. The van der Waals surface area contributed by atoms with Crippen LogP contribution in [0.2, 0.25) is 5.02 Å². The van der Waals surface area contributed by atoms with Crippen LogP contribution in [0.25, 0.3) is 0 Å². The van der Waals surface area contributed by atoms with Crippen molar-refractivity contribution < 1.29 is 10.0 Å². The number of carbonyl (C=O) groups excluding carboxylic acids is 1. The normalized spacial score (nSPS) is 26.6. The highest BCUT2D eigenvalue weighted by atomic mass is 35.5. The molecule has 116 valence electrons. The summed E-state index contributed by atoms with van der Waals surface area (Å²) in [5.41, 5.74) is 5.09. The van der Waals surface area contributed by atoms with E-state index < -0.39 is 5.54 Å². The molecular formula is C14H20ClN3O2S. The van der Waals surface area contributed by atoms with Gasteiger partial charge in [0.2, 0.25) is 0 Å². The highest BCUT2D eigenvalue weighted by molar-refractivity contribution is 7.12. The highest BCUT2D eigenvalue weighted by Crippen LogP contribution is 2.35. The number of rotatable bonds is 4. The molecule has 0 aliphatic heterocycles. The van der Waals surface area contributed by atoms with Crippen molar-refractivity contribution in [2.75, 3.05) is 0 Å². The van der Waals surface area contributed by atoms with Crippen molar-refractivity contribution in [1.29, 1.82) is 0 Å². The SMILES string of the molecule is CCC1CCC(NC(=O)c2sccc2Cl)(/C(N)=N/O)CC1. The van der Waals surface area contributed by atoms with E-state index in [1.165, 1.54) is 11.3 Å². The molecule has 1 amide bonds. The van der Waals surface area contributed by atoms with Gasteiger partial charge in [-0.25, -0.2) is 0 Å². The van der Waals surface area contributed by atoms with Gasteiger partial charge in [-0.15, -0.1) is 11.3 Å². The molecule has 0 atom stereocenters. The third-order valence-electron chi connectivity index (χ3n) is 4.31. The molecule has 1 aliphatic rings. The van der Waals surface area contributed by atoms with Gasteiger partial charge >= 0.3 is 0 Å². The van der Waals surface area contributed by atoms with Crippen LogP contribution in [-0.2, 0) is 0 Å². The molecule has 0 bridgehead atoms. The molecule has 7 heteroatoms. The topological polar surface area (TPSA) is 87.7 Å². The van der Waals surface area contributed by atoms with Crippen LogP contribution in [0.5, 0.6) is 0 Å². The van der Waals surface area contributed by atoms with Crippen LogP contribution < -0.4 is 11.1 Å². The first kappa shape index (κ1) is 16.1. The molecule has 4 N–H and O–H groups in total. The molecule has 0 saturated heterocycles. The van der Waals surface area contributed by atoms with E-state index in [1.807, 2.05) is 0 Å². The minimum atomic E-state index is -0.773. The molecule has 0 unspecified atom stereocenters. The number of oxime groups is 1. The molecule has 1 aromatic heterocycles. The second-order valence-electron chi connectivity index (χ2n) is 5.47. The van der Waals surface area contributed by atoms with Crippen LogP contribution in [0.3, 0.4) is 0 Å². The Hall–Kier alpha value is -1.27. The fraction of sp³-hybridized carbons (Fsp3) is 0.571. The largest absolute Gasteiger partial charge is 0.409 e. The average Bonchev–Trinajstić information content (AvgIpc) is 2.93. The molecular weight excluding hydrogens is 310 g/mol. The van der Waals surface area contributed by atoms with Crippen molar-refractivity contribution in [3.8, 4) is 0 Å². The number of amides is 1. The minimum absolute atomic E-state index is 0.0677. The molecule has 1 heterocycles. The van der Waals surface area contributed by atoms with Gasteiger partial charge < -0.3 is 16.3 Å². The monoisotopic (exact) mass is 329 g/mol. The van der Waals surface area contributed by atoms with Gasteiger partial charge in [0.15, 0.2) is 5.84 Å². The molecule has 1 fully saturated rings. The van der Waals surface area contributed by atoms with E-state index in [9.17, 15) is 4.79 Å². The van der Waals surface area contributed by atoms with Gasteiger partial charge in [-0.05, 0) is 43.0 Å². The van der Waals surface area contributed by atoms with Gasteiger partial charge in [-0.2, -0.15) is 0 Å². The standard InChI is InChI=1S/C14H20ClN3O2S/c1-2-9-3-6-14(7-4-9,13(16)18-20)17-12(19)11-10(15)5-8-21-11/h5,8-9,20H,2-4,6-7H2,1H3,(H2,16,18)(H,17,19). The summed E-state index contributed by atoms with van der Waals surface area (Å²) in [7, 11) is 0. The molecule has 1 aliphatic carbocycles. The number of hydrogen-bond donors (Lipinski definition) is 3. The number of amidine groups is 1. The molecule has 0 aromatic carbocycles. The van der Waals surface area contributed by atoms with Crippen molar-refractivity contribution >= 4 is 34.7 Å². The lowest BCUT2D eigenvalue weighted by Gasteiger charge is -2.39. The first-order chi connectivity index (χ1) is 10.0. The summed E-state index contributed by atoms with van der Waals surface area (Å²) < 4.78 is 0. The zero-order valence-corrected chi connectivity index (χ0v) is 13.5. The molecule has 21 heavy (non-hydrogen) atoms. The van der Waals surface area contributed by atoms with Gasteiger partial charge in [0.05, 0.1) is 5.02 Å². The third-order valence-corrected chi connectivity index (χ3v) is 5.65. The first-order valence-corrected chi connectivity index (χ1v) is 8.31. The Morgan fingerprint density at radius 3 is 2.76 bits per heavy atom. The Kier molecular flexibility index (Phi) is 5.11. The zero-order valence-electron chi connectivity index (χ0n) is 11.9. The number of nitrogens with one attached hydrogen (secondary N) is 1. The van der Waals surface area contributed by atoms with E-state index in [-0.39, 0.29) is 11.7 Å². The summed E-state index contributed by atoms with van der Waals surface area (Å²) in [4.78, 5) is 12.9. The number of carbonyl (C=O) groups is 1. The summed E-state index contributed by atoms with van der Waals surface area (Å²) in [5.74, 6) is 0.432. The summed E-state index contributed by atoms with van der Waals surface area (Å²) in [6, 6.07) is 1.69.